The number of fused-ring (bicyclic) bond motifs is 1. The minimum Gasteiger partial charge on any atom is -0.350 e. The Kier molecular flexibility index (Phi) is 4.88. The van der Waals surface area contributed by atoms with Crippen LogP contribution in [0.4, 0.5) is 0 Å². The van der Waals surface area contributed by atoms with Gasteiger partial charge in [-0.1, -0.05) is 26.0 Å². The molecule has 132 valence electrons. The average Bonchev–Trinajstić information content (AvgIpc) is 3.14. The number of carbonyl (C=O) groups excluding carboxylic acids is 1. The number of amides is 1. The zero-order valence-electron chi connectivity index (χ0n) is 15.3. The lowest BCUT2D eigenvalue weighted by atomic mass is 10.1. The van der Waals surface area contributed by atoms with Crippen LogP contribution < -0.4 is 5.32 Å². The zero-order chi connectivity index (χ0) is 18.0. The van der Waals surface area contributed by atoms with E-state index in [9.17, 15) is 4.79 Å². The van der Waals surface area contributed by atoms with Gasteiger partial charge in [-0.15, -0.1) is 0 Å². The number of benzene rings is 1. The smallest absolute Gasteiger partial charge is 0.243 e. The van der Waals surface area contributed by atoms with Crippen molar-refractivity contribution in [3.05, 3.63) is 47.0 Å². The molecule has 1 amide bonds. The third-order valence-corrected chi connectivity index (χ3v) is 4.71. The third kappa shape index (κ3) is 3.16. The molecule has 0 radical (unpaired) electrons. The molecule has 6 heteroatoms. The second-order valence-electron chi connectivity index (χ2n) is 6.29. The molecule has 2 aromatic heterocycles. The van der Waals surface area contributed by atoms with Gasteiger partial charge in [-0.05, 0) is 32.4 Å². The lowest BCUT2D eigenvalue weighted by Crippen LogP contribution is -2.33. The van der Waals surface area contributed by atoms with Crippen molar-refractivity contribution >= 4 is 16.9 Å². The first-order chi connectivity index (χ1) is 12.1. The molecule has 0 unspecified atom stereocenters. The lowest BCUT2D eigenvalue weighted by Gasteiger charge is -2.20. The first-order valence-electron chi connectivity index (χ1n) is 8.80. The minimum atomic E-state index is -0.269. The molecule has 0 fully saturated rings. The first kappa shape index (κ1) is 17.2. The van der Waals surface area contributed by atoms with Crippen molar-refractivity contribution in [1.82, 2.24) is 25.1 Å². The topological polar surface area (TPSA) is 75.6 Å². The van der Waals surface area contributed by atoms with E-state index in [-0.39, 0.29) is 11.9 Å². The first-order valence-corrected chi connectivity index (χ1v) is 8.80. The van der Waals surface area contributed by atoms with Crippen molar-refractivity contribution in [2.45, 2.75) is 53.1 Å². The highest BCUT2D eigenvalue weighted by molar-refractivity contribution is 5.84. The monoisotopic (exact) mass is 339 g/mol. The number of nitrogens with one attached hydrogen (secondary N) is 2. The van der Waals surface area contributed by atoms with E-state index in [1.165, 1.54) is 0 Å². The molecule has 2 N–H and O–H groups in total. The molecule has 0 saturated heterocycles. The van der Waals surface area contributed by atoms with Gasteiger partial charge in [-0.3, -0.25) is 9.89 Å². The Hall–Kier alpha value is -2.63. The molecule has 2 heterocycles. The molecule has 1 aromatic carbocycles. The van der Waals surface area contributed by atoms with E-state index in [0.29, 0.717) is 13.0 Å². The molecule has 6 nitrogen and oxygen atoms in total. The molecule has 0 aliphatic carbocycles. The van der Waals surface area contributed by atoms with Gasteiger partial charge in [-0.25, -0.2) is 4.98 Å². The molecular formula is C19H25N5O. The van der Waals surface area contributed by atoms with Crippen molar-refractivity contribution in [3.8, 4) is 0 Å². The van der Waals surface area contributed by atoms with E-state index in [4.69, 9.17) is 0 Å². The van der Waals surface area contributed by atoms with Crippen LogP contribution in [0.2, 0.25) is 0 Å². The van der Waals surface area contributed by atoms with Crippen molar-refractivity contribution in [2.24, 2.45) is 0 Å². The number of imidazole rings is 1. The highest BCUT2D eigenvalue weighted by atomic mass is 16.2. The largest absolute Gasteiger partial charge is 0.350 e. The molecule has 0 aliphatic rings. The number of para-hydroxylation sites is 2. The number of hydrogen-bond acceptors (Lipinski definition) is 3. The van der Waals surface area contributed by atoms with E-state index >= 15 is 0 Å². The summed E-state index contributed by atoms with van der Waals surface area (Å²) in [6, 6.07) is 7.72. The number of aromatic nitrogens is 4. The van der Waals surface area contributed by atoms with Crippen molar-refractivity contribution in [1.29, 1.82) is 0 Å². The number of rotatable bonds is 6. The second kappa shape index (κ2) is 7.09. The number of H-pyrrole nitrogens is 1. The summed E-state index contributed by atoms with van der Waals surface area (Å²) < 4.78 is 2.08. The van der Waals surface area contributed by atoms with Crippen LogP contribution in [0.25, 0.3) is 11.0 Å². The number of nitrogens with zero attached hydrogens (tertiary/aromatic N) is 3. The van der Waals surface area contributed by atoms with Crippen LogP contribution in [0, 0.1) is 13.8 Å². The SMILES string of the molecule is CCc1nc2ccccc2n1[C@H](CC)C(=O)NCc1c(C)n[nH]c1C. The molecule has 3 aromatic rings. The molecule has 0 bridgehead atoms. The zero-order valence-corrected chi connectivity index (χ0v) is 15.3. The Morgan fingerprint density at radius 3 is 2.68 bits per heavy atom. The molecule has 0 saturated carbocycles. The highest BCUT2D eigenvalue weighted by Gasteiger charge is 2.23. The van der Waals surface area contributed by atoms with Crippen LogP contribution in [0.15, 0.2) is 24.3 Å². The Morgan fingerprint density at radius 1 is 1.28 bits per heavy atom. The third-order valence-electron chi connectivity index (χ3n) is 4.71. The number of carbonyl (C=O) groups is 1. The Labute approximate surface area is 147 Å². The maximum Gasteiger partial charge on any atom is 0.243 e. The van der Waals surface area contributed by atoms with Gasteiger partial charge < -0.3 is 9.88 Å². The van der Waals surface area contributed by atoms with Crippen LogP contribution >= 0.6 is 0 Å². The maximum absolute atomic E-state index is 12.9. The molecule has 3 rings (SSSR count). The standard InChI is InChI=1S/C19H25N5O/c1-5-16(19(25)20-11-14-12(3)22-23-13(14)4)24-17-10-8-7-9-15(17)21-18(24)6-2/h7-10,16H,5-6,11H2,1-4H3,(H,20,25)(H,22,23)/t16-/m1/s1. The van der Waals surface area contributed by atoms with Crippen LogP contribution in [0.3, 0.4) is 0 Å². The summed E-state index contributed by atoms with van der Waals surface area (Å²) in [6.07, 6.45) is 1.50. The Balaban J connectivity index is 1.88. The van der Waals surface area contributed by atoms with E-state index in [1.54, 1.807) is 0 Å². The van der Waals surface area contributed by atoms with Gasteiger partial charge >= 0.3 is 0 Å². The summed E-state index contributed by atoms with van der Waals surface area (Å²) in [5, 5.41) is 10.2. The molecule has 1 atom stereocenters. The highest BCUT2D eigenvalue weighted by Crippen LogP contribution is 2.24. The fourth-order valence-corrected chi connectivity index (χ4v) is 3.30. The van der Waals surface area contributed by atoms with Crippen LogP contribution in [-0.4, -0.2) is 25.7 Å². The number of aromatic amines is 1. The lowest BCUT2D eigenvalue weighted by molar-refractivity contribution is -0.124. The van der Waals surface area contributed by atoms with Crippen molar-refractivity contribution in [3.63, 3.8) is 0 Å². The summed E-state index contributed by atoms with van der Waals surface area (Å²) in [5.74, 6) is 0.958. The molecule has 25 heavy (non-hydrogen) atoms. The fourth-order valence-electron chi connectivity index (χ4n) is 3.30. The van der Waals surface area contributed by atoms with Crippen LogP contribution in [-0.2, 0) is 17.8 Å². The van der Waals surface area contributed by atoms with E-state index in [1.807, 2.05) is 45.0 Å². The van der Waals surface area contributed by atoms with Gasteiger partial charge in [0.05, 0.1) is 16.7 Å². The fraction of sp³-hybridized carbons (Fsp3) is 0.421. The van der Waals surface area contributed by atoms with E-state index < -0.39 is 0 Å². The Morgan fingerprint density at radius 2 is 2.04 bits per heavy atom. The van der Waals surface area contributed by atoms with Gasteiger partial charge in [-0.2, -0.15) is 5.10 Å². The summed E-state index contributed by atoms with van der Waals surface area (Å²) in [4.78, 5) is 17.6. The van der Waals surface area contributed by atoms with E-state index in [2.05, 4.69) is 32.0 Å². The minimum absolute atomic E-state index is 0.0142. The van der Waals surface area contributed by atoms with Gasteiger partial charge in [0.25, 0.3) is 0 Å². The second-order valence-corrected chi connectivity index (χ2v) is 6.29. The van der Waals surface area contributed by atoms with Crippen LogP contribution in [0.5, 0.6) is 0 Å². The summed E-state index contributed by atoms with van der Waals surface area (Å²) in [6.45, 7) is 8.50. The quantitative estimate of drug-likeness (QED) is 0.724. The number of hydrogen-bond donors (Lipinski definition) is 2. The van der Waals surface area contributed by atoms with Crippen LogP contribution in [0.1, 0.15) is 49.1 Å². The molecule has 0 aliphatic heterocycles. The van der Waals surface area contributed by atoms with Gasteiger partial charge in [0.15, 0.2) is 0 Å². The maximum atomic E-state index is 12.9. The average molecular weight is 339 g/mol. The Bertz CT molecular complexity index is 873. The summed E-state index contributed by atoms with van der Waals surface area (Å²) >= 11 is 0. The van der Waals surface area contributed by atoms with Gasteiger partial charge in [0, 0.05) is 24.2 Å². The van der Waals surface area contributed by atoms with E-state index in [0.717, 1.165) is 40.2 Å². The van der Waals surface area contributed by atoms with Gasteiger partial charge in [0.2, 0.25) is 5.91 Å². The summed E-state index contributed by atoms with van der Waals surface area (Å²) in [7, 11) is 0. The predicted octanol–water partition coefficient (Wildman–Crippen LogP) is 3.21. The van der Waals surface area contributed by atoms with Gasteiger partial charge in [0.1, 0.15) is 11.9 Å². The normalized spacial score (nSPS) is 12.5. The predicted molar refractivity (Wildman–Crippen MR) is 98.3 cm³/mol. The molecular weight excluding hydrogens is 314 g/mol. The van der Waals surface area contributed by atoms with Crippen molar-refractivity contribution < 1.29 is 4.79 Å². The molecule has 0 spiro atoms. The summed E-state index contributed by atoms with van der Waals surface area (Å²) in [5.41, 5.74) is 4.92. The van der Waals surface area contributed by atoms with Crippen molar-refractivity contribution in [2.75, 3.05) is 0 Å². The number of aryl methyl sites for hydroxylation is 3.